The summed E-state index contributed by atoms with van der Waals surface area (Å²) in [5.41, 5.74) is 0.498. The van der Waals surface area contributed by atoms with E-state index in [1.165, 1.54) is 30.5 Å². The topological polar surface area (TPSA) is 71.3 Å². The predicted molar refractivity (Wildman–Crippen MR) is 74.8 cm³/mol. The molecule has 2 rings (SSSR count). The third-order valence-electron chi connectivity index (χ3n) is 2.75. The van der Waals surface area contributed by atoms with E-state index in [1.807, 2.05) is 0 Å². The highest BCUT2D eigenvalue weighted by molar-refractivity contribution is 5.93. The standard InChI is InChI=1S/C15H15FN2O3/c16-11-3-5-12(6-4-11)18-15(20)8-7-14(19)17-10-13-2-1-9-21-13/h1-6,9H,7-8,10H2,(H,17,19)(H,18,20). The molecule has 0 atom stereocenters. The maximum absolute atomic E-state index is 12.7. The largest absolute Gasteiger partial charge is 0.467 e. The molecule has 0 fully saturated rings. The third-order valence-corrected chi connectivity index (χ3v) is 2.75. The molecule has 0 aliphatic carbocycles. The maximum Gasteiger partial charge on any atom is 0.224 e. The van der Waals surface area contributed by atoms with Crippen LogP contribution in [0.25, 0.3) is 0 Å². The van der Waals surface area contributed by atoms with Crippen molar-refractivity contribution in [3.8, 4) is 0 Å². The number of nitrogens with one attached hydrogen (secondary N) is 2. The van der Waals surface area contributed by atoms with Gasteiger partial charge < -0.3 is 15.1 Å². The van der Waals surface area contributed by atoms with Gasteiger partial charge in [-0.15, -0.1) is 0 Å². The van der Waals surface area contributed by atoms with Gasteiger partial charge >= 0.3 is 0 Å². The first-order valence-corrected chi connectivity index (χ1v) is 6.48. The van der Waals surface area contributed by atoms with E-state index in [2.05, 4.69) is 10.6 Å². The number of hydrogen-bond acceptors (Lipinski definition) is 3. The molecule has 0 aliphatic heterocycles. The SMILES string of the molecule is O=C(CCC(=O)Nc1ccc(F)cc1)NCc1ccco1. The van der Waals surface area contributed by atoms with Gasteiger partial charge in [-0.1, -0.05) is 0 Å². The van der Waals surface area contributed by atoms with E-state index in [-0.39, 0.29) is 30.5 Å². The molecule has 0 saturated carbocycles. The molecule has 0 spiro atoms. The predicted octanol–water partition coefficient (Wildman–Crippen LogP) is 2.45. The van der Waals surface area contributed by atoms with Crippen LogP contribution in [0.15, 0.2) is 47.1 Å². The van der Waals surface area contributed by atoms with Crippen molar-refractivity contribution in [2.75, 3.05) is 5.32 Å². The Morgan fingerprint density at radius 1 is 1.05 bits per heavy atom. The fourth-order valence-corrected chi connectivity index (χ4v) is 1.67. The van der Waals surface area contributed by atoms with Crippen LogP contribution in [0.2, 0.25) is 0 Å². The van der Waals surface area contributed by atoms with Crippen molar-refractivity contribution in [2.24, 2.45) is 0 Å². The van der Waals surface area contributed by atoms with Crippen molar-refractivity contribution in [1.29, 1.82) is 0 Å². The Balaban J connectivity index is 1.68. The second-order valence-corrected chi connectivity index (χ2v) is 4.41. The number of carbonyl (C=O) groups is 2. The van der Waals surface area contributed by atoms with Crippen molar-refractivity contribution in [2.45, 2.75) is 19.4 Å². The second kappa shape index (κ2) is 7.23. The lowest BCUT2D eigenvalue weighted by Gasteiger charge is -2.05. The highest BCUT2D eigenvalue weighted by atomic mass is 19.1. The summed E-state index contributed by atoms with van der Waals surface area (Å²) < 4.78 is 17.8. The number of carbonyl (C=O) groups excluding carboxylic acids is 2. The molecule has 6 heteroatoms. The number of benzene rings is 1. The smallest absolute Gasteiger partial charge is 0.224 e. The van der Waals surface area contributed by atoms with Gasteiger partial charge in [-0.3, -0.25) is 9.59 Å². The summed E-state index contributed by atoms with van der Waals surface area (Å²) in [5, 5.41) is 5.24. The third kappa shape index (κ3) is 5.10. The fraction of sp³-hybridized carbons (Fsp3) is 0.200. The molecule has 2 amide bonds. The first-order chi connectivity index (χ1) is 10.1. The molecule has 0 unspecified atom stereocenters. The molecule has 1 aromatic heterocycles. The number of anilines is 1. The van der Waals surface area contributed by atoms with Gasteiger partial charge in [0.15, 0.2) is 0 Å². The Kier molecular flexibility index (Phi) is 5.09. The molecule has 110 valence electrons. The molecule has 1 aromatic carbocycles. The lowest BCUT2D eigenvalue weighted by Crippen LogP contribution is -2.24. The van der Waals surface area contributed by atoms with Gasteiger partial charge in [0, 0.05) is 18.5 Å². The average molecular weight is 290 g/mol. The number of hydrogen-bond donors (Lipinski definition) is 2. The summed E-state index contributed by atoms with van der Waals surface area (Å²) in [6, 6.07) is 8.92. The molecule has 1 heterocycles. The maximum atomic E-state index is 12.7. The van der Waals surface area contributed by atoms with E-state index in [0.29, 0.717) is 18.0 Å². The van der Waals surface area contributed by atoms with E-state index in [9.17, 15) is 14.0 Å². The summed E-state index contributed by atoms with van der Waals surface area (Å²) in [6.07, 6.45) is 1.66. The molecular formula is C15H15FN2O3. The number of amides is 2. The van der Waals surface area contributed by atoms with Crippen LogP contribution in [-0.2, 0) is 16.1 Å². The minimum atomic E-state index is -0.370. The van der Waals surface area contributed by atoms with Gasteiger partial charge in [0.2, 0.25) is 11.8 Å². The van der Waals surface area contributed by atoms with Crippen molar-refractivity contribution >= 4 is 17.5 Å². The van der Waals surface area contributed by atoms with Gasteiger partial charge in [-0.25, -0.2) is 4.39 Å². The Hall–Kier alpha value is -2.63. The number of halogens is 1. The van der Waals surface area contributed by atoms with Crippen molar-refractivity contribution in [3.63, 3.8) is 0 Å². The molecule has 21 heavy (non-hydrogen) atoms. The van der Waals surface area contributed by atoms with Gasteiger partial charge in [0.25, 0.3) is 0 Å². The molecule has 0 bridgehead atoms. The zero-order chi connectivity index (χ0) is 15.1. The molecule has 0 saturated heterocycles. The first-order valence-electron chi connectivity index (χ1n) is 6.48. The molecule has 5 nitrogen and oxygen atoms in total. The van der Waals surface area contributed by atoms with Crippen LogP contribution in [-0.4, -0.2) is 11.8 Å². The van der Waals surface area contributed by atoms with Gasteiger partial charge in [0.05, 0.1) is 12.8 Å². The average Bonchev–Trinajstić information content (AvgIpc) is 2.99. The molecular weight excluding hydrogens is 275 g/mol. The van der Waals surface area contributed by atoms with Crippen LogP contribution in [0, 0.1) is 5.82 Å². The normalized spacial score (nSPS) is 10.1. The fourth-order valence-electron chi connectivity index (χ4n) is 1.67. The van der Waals surface area contributed by atoms with Gasteiger partial charge in [-0.2, -0.15) is 0 Å². The van der Waals surface area contributed by atoms with E-state index < -0.39 is 0 Å². The first kappa shape index (κ1) is 14.8. The van der Waals surface area contributed by atoms with Crippen LogP contribution in [0.4, 0.5) is 10.1 Å². The van der Waals surface area contributed by atoms with E-state index in [0.717, 1.165) is 0 Å². The van der Waals surface area contributed by atoms with Gasteiger partial charge in [0.1, 0.15) is 11.6 Å². The van der Waals surface area contributed by atoms with Crippen LogP contribution in [0.5, 0.6) is 0 Å². The summed E-state index contributed by atoms with van der Waals surface area (Å²) in [4.78, 5) is 23.2. The molecule has 0 aliphatic rings. The zero-order valence-corrected chi connectivity index (χ0v) is 11.3. The van der Waals surface area contributed by atoms with Crippen molar-refractivity contribution in [3.05, 3.63) is 54.2 Å². The van der Waals surface area contributed by atoms with E-state index >= 15 is 0 Å². The van der Waals surface area contributed by atoms with Crippen molar-refractivity contribution < 1.29 is 18.4 Å². The zero-order valence-electron chi connectivity index (χ0n) is 11.3. The monoisotopic (exact) mass is 290 g/mol. The summed E-state index contributed by atoms with van der Waals surface area (Å²) in [6.45, 7) is 0.297. The van der Waals surface area contributed by atoms with Crippen LogP contribution >= 0.6 is 0 Å². The Labute approximate surface area is 121 Å². The van der Waals surface area contributed by atoms with Crippen molar-refractivity contribution in [1.82, 2.24) is 5.32 Å². The lowest BCUT2D eigenvalue weighted by atomic mass is 10.2. The van der Waals surface area contributed by atoms with Crippen LogP contribution in [0.3, 0.4) is 0 Å². The Morgan fingerprint density at radius 2 is 1.76 bits per heavy atom. The number of rotatable bonds is 6. The Morgan fingerprint density at radius 3 is 2.43 bits per heavy atom. The quantitative estimate of drug-likeness (QED) is 0.858. The lowest BCUT2D eigenvalue weighted by molar-refractivity contribution is -0.124. The molecule has 2 N–H and O–H groups in total. The second-order valence-electron chi connectivity index (χ2n) is 4.41. The summed E-state index contributed by atoms with van der Waals surface area (Å²) in [7, 11) is 0. The summed E-state index contributed by atoms with van der Waals surface area (Å²) >= 11 is 0. The number of furan rings is 1. The van der Waals surface area contributed by atoms with E-state index in [1.54, 1.807) is 12.1 Å². The summed E-state index contributed by atoms with van der Waals surface area (Å²) in [5.74, 6) is -0.250. The molecule has 0 radical (unpaired) electrons. The highest BCUT2D eigenvalue weighted by Crippen LogP contribution is 2.09. The van der Waals surface area contributed by atoms with Crippen LogP contribution in [0.1, 0.15) is 18.6 Å². The minimum Gasteiger partial charge on any atom is -0.467 e. The highest BCUT2D eigenvalue weighted by Gasteiger charge is 2.08. The van der Waals surface area contributed by atoms with E-state index in [4.69, 9.17) is 4.42 Å². The van der Waals surface area contributed by atoms with Crippen LogP contribution < -0.4 is 10.6 Å². The minimum absolute atomic E-state index is 0.0569. The Bertz CT molecular complexity index is 594. The van der Waals surface area contributed by atoms with Gasteiger partial charge in [-0.05, 0) is 36.4 Å². The molecule has 2 aromatic rings.